The van der Waals surface area contributed by atoms with Gasteiger partial charge in [0.15, 0.2) is 0 Å². The number of morpholine rings is 1. The first-order chi connectivity index (χ1) is 15.2. The van der Waals surface area contributed by atoms with Crippen molar-refractivity contribution >= 4 is 28.2 Å². The molecule has 164 valence electrons. The molecule has 2 aromatic rings. The van der Waals surface area contributed by atoms with Gasteiger partial charge in [0.25, 0.3) is 5.56 Å². The number of allylic oxidation sites excluding steroid dienone is 3. The zero-order chi connectivity index (χ0) is 21.2. The Morgan fingerprint density at radius 1 is 1.19 bits per heavy atom. The Morgan fingerprint density at radius 2 is 2.00 bits per heavy atom. The molecule has 2 N–H and O–H groups in total. The summed E-state index contributed by atoms with van der Waals surface area (Å²) in [7, 11) is 0. The first-order valence-electron chi connectivity index (χ1n) is 11.3. The monoisotopic (exact) mass is 440 g/mol. The van der Waals surface area contributed by atoms with E-state index >= 15 is 0 Å². The second-order valence-corrected chi connectivity index (χ2v) is 9.21. The summed E-state index contributed by atoms with van der Waals surface area (Å²) >= 11 is 6.18. The van der Waals surface area contributed by atoms with E-state index in [1.165, 1.54) is 25.7 Å². The van der Waals surface area contributed by atoms with Gasteiger partial charge < -0.3 is 15.0 Å². The van der Waals surface area contributed by atoms with Crippen LogP contribution >= 0.6 is 11.6 Å². The van der Waals surface area contributed by atoms with E-state index in [-0.39, 0.29) is 5.56 Å². The lowest BCUT2D eigenvalue weighted by molar-refractivity contribution is 0.00331. The molecule has 7 heteroatoms. The predicted octanol–water partition coefficient (Wildman–Crippen LogP) is 4.34. The maximum atomic E-state index is 12.3. The minimum absolute atomic E-state index is 0.167. The predicted molar refractivity (Wildman–Crippen MR) is 124 cm³/mol. The Hall–Kier alpha value is -2.15. The molecule has 5 rings (SSSR count). The molecule has 0 spiro atoms. The van der Waals surface area contributed by atoms with E-state index in [0.717, 1.165) is 55.8 Å². The number of ether oxygens (including phenoxy) is 1. The third-order valence-electron chi connectivity index (χ3n) is 7.03. The van der Waals surface area contributed by atoms with Crippen molar-refractivity contribution in [2.24, 2.45) is 11.8 Å². The van der Waals surface area contributed by atoms with Crippen molar-refractivity contribution in [1.29, 1.82) is 0 Å². The van der Waals surface area contributed by atoms with E-state index < -0.39 is 0 Å². The number of hydrogen-bond acceptors (Lipinski definition) is 5. The van der Waals surface area contributed by atoms with Crippen molar-refractivity contribution in [3.8, 4) is 0 Å². The van der Waals surface area contributed by atoms with Crippen LogP contribution in [0, 0.1) is 11.8 Å². The molecule has 1 aliphatic heterocycles. The fraction of sp³-hybridized carbons (Fsp3) is 0.500. The molecule has 3 aliphatic rings. The van der Waals surface area contributed by atoms with Gasteiger partial charge in [0, 0.05) is 31.0 Å². The number of nitrogens with zero attached hydrogens (tertiary/aromatic N) is 2. The molecule has 0 aromatic carbocycles. The summed E-state index contributed by atoms with van der Waals surface area (Å²) in [6, 6.07) is 4.29. The van der Waals surface area contributed by atoms with Crippen LogP contribution in [0.2, 0.25) is 5.15 Å². The van der Waals surface area contributed by atoms with Crippen LogP contribution in [0.15, 0.2) is 47.0 Å². The van der Waals surface area contributed by atoms with Crippen LogP contribution in [-0.2, 0) is 4.74 Å². The number of rotatable bonds is 4. The number of H-pyrrole nitrogens is 1. The van der Waals surface area contributed by atoms with Crippen LogP contribution in [0.3, 0.4) is 0 Å². The highest BCUT2D eigenvalue weighted by Gasteiger charge is 2.30. The summed E-state index contributed by atoms with van der Waals surface area (Å²) in [4.78, 5) is 22.0. The molecule has 3 heterocycles. The van der Waals surface area contributed by atoms with Crippen molar-refractivity contribution in [2.75, 3.05) is 31.6 Å². The highest BCUT2D eigenvalue weighted by molar-refractivity contribution is 6.30. The van der Waals surface area contributed by atoms with Gasteiger partial charge in [-0.3, -0.25) is 9.69 Å². The van der Waals surface area contributed by atoms with Gasteiger partial charge in [-0.15, -0.1) is 0 Å². The highest BCUT2D eigenvalue weighted by Crippen LogP contribution is 2.37. The Bertz CT molecular complexity index is 1050. The lowest BCUT2D eigenvalue weighted by atomic mass is 9.75. The standard InChI is InChI=1S/C24H29ClN4O2/c25-21-15-18-9-10-26-24(30)22(18)23(28-21)27-19-5-1-16(2-6-19)17-3-7-20(8-4-17)29-11-13-31-14-12-29/h1,5-6,9-10,15-17,20H,2-4,7-8,11-14H2,(H,26,30)(H,27,28)/t16-,17?,20?/m0/s1. The SMILES string of the molecule is O=c1[nH]ccc2cc(Cl)nc(NC3=CC[C@@H](C4CCC(N5CCOCC5)CC4)C=C3)c12. The van der Waals surface area contributed by atoms with Gasteiger partial charge in [0.1, 0.15) is 11.0 Å². The number of halogens is 1. The molecular weight excluding hydrogens is 412 g/mol. The lowest BCUT2D eigenvalue weighted by Gasteiger charge is -2.40. The first-order valence-corrected chi connectivity index (χ1v) is 11.7. The van der Waals surface area contributed by atoms with Gasteiger partial charge in [-0.05, 0) is 67.5 Å². The second-order valence-electron chi connectivity index (χ2n) is 8.82. The van der Waals surface area contributed by atoms with Crippen LogP contribution < -0.4 is 10.9 Å². The van der Waals surface area contributed by atoms with Gasteiger partial charge in [0.05, 0.1) is 18.6 Å². The number of aromatic amines is 1. The molecule has 2 aromatic heterocycles. The molecule has 1 saturated carbocycles. The van der Waals surface area contributed by atoms with Crippen molar-refractivity contribution < 1.29 is 4.74 Å². The number of anilines is 1. The average Bonchev–Trinajstić information content (AvgIpc) is 2.80. The molecular formula is C24H29ClN4O2. The summed E-state index contributed by atoms with van der Waals surface area (Å²) < 4.78 is 5.50. The maximum Gasteiger partial charge on any atom is 0.259 e. The summed E-state index contributed by atoms with van der Waals surface area (Å²) in [5.74, 6) is 1.84. The minimum Gasteiger partial charge on any atom is -0.379 e. The Morgan fingerprint density at radius 3 is 2.74 bits per heavy atom. The van der Waals surface area contributed by atoms with Crippen molar-refractivity contribution in [2.45, 2.75) is 38.1 Å². The Labute approximate surface area is 187 Å². The van der Waals surface area contributed by atoms with E-state index in [0.29, 0.717) is 22.3 Å². The number of hydrogen-bond donors (Lipinski definition) is 2. The number of nitrogens with one attached hydrogen (secondary N) is 2. The third kappa shape index (κ3) is 4.56. The molecule has 2 fully saturated rings. The minimum atomic E-state index is -0.167. The van der Waals surface area contributed by atoms with Crippen molar-refractivity contribution in [3.05, 3.63) is 57.8 Å². The number of aromatic nitrogens is 2. The molecule has 0 bridgehead atoms. The molecule has 1 saturated heterocycles. The van der Waals surface area contributed by atoms with E-state index in [9.17, 15) is 4.79 Å². The van der Waals surface area contributed by atoms with E-state index in [1.54, 1.807) is 12.3 Å². The maximum absolute atomic E-state index is 12.3. The third-order valence-corrected chi connectivity index (χ3v) is 7.22. The van der Waals surface area contributed by atoms with Crippen LogP contribution in [0.25, 0.3) is 10.8 Å². The van der Waals surface area contributed by atoms with Crippen molar-refractivity contribution in [3.63, 3.8) is 0 Å². The van der Waals surface area contributed by atoms with Crippen molar-refractivity contribution in [1.82, 2.24) is 14.9 Å². The molecule has 6 nitrogen and oxygen atoms in total. The van der Waals surface area contributed by atoms with Gasteiger partial charge >= 0.3 is 0 Å². The van der Waals surface area contributed by atoms with E-state index in [1.807, 2.05) is 6.07 Å². The fourth-order valence-corrected chi connectivity index (χ4v) is 5.53. The van der Waals surface area contributed by atoms with Crippen LogP contribution in [0.1, 0.15) is 32.1 Å². The molecule has 31 heavy (non-hydrogen) atoms. The Balaban J connectivity index is 1.21. The van der Waals surface area contributed by atoms with E-state index in [4.69, 9.17) is 16.3 Å². The topological polar surface area (TPSA) is 70.2 Å². The van der Waals surface area contributed by atoms with Gasteiger partial charge in [0.2, 0.25) is 0 Å². The normalized spacial score (nSPS) is 27.3. The smallest absolute Gasteiger partial charge is 0.259 e. The molecule has 0 radical (unpaired) electrons. The number of fused-ring (bicyclic) bond motifs is 1. The van der Waals surface area contributed by atoms with Crippen LogP contribution in [-0.4, -0.2) is 47.2 Å². The summed E-state index contributed by atoms with van der Waals surface area (Å²) in [5.41, 5.74) is 0.803. The summed E-state index contributed by atoms with van der Waals surface area (Å²) in [6.07, 6.45) is 14.5. The molecule has 1 atom stereocenters. The summed E-state index contributed by atoms with van der Waals surface area (Å²) in [5, 5.41) is 5.00. The van der Waals surface area contributed by atoms with E-state index in [2.05, 4.69) is 38.4 Å². The highest BCUT2D eigenvalue weighted by atomic mass is 35.5. The lowest BCUT2D eigenvalue weighted by Crippen LogP contribution is -2.45. The molecule has 2 aliphatic carbocycles. The van der Waals surface area contributed by atoms with Gasteiger partial charge in [-0.25, -0.2) is 4.98 Å². The molecule has 0 amide bonds. The zero-order valence-electron chi connectivity index (χ0n) is 17.6. The Kier molecular flexibility index (Phi) is 6.12. The fourth-order valence-electron chi connectivity index (χ4n) is 5.33. The van der Waals surface area contributed by atoms with Gasteiger partial charge in [-0.2, -0.15) is 0 Å². The zero-order valence-corrected chi connectivity index (χ0v) is 18.4. The largest absolute Gasteiger partial charge is 0.379 e. The first kappa shape index (κ1) is 20.7. The quantitative estimate of drug-likeness (QED) is 0.692. The number of pyridine rings is 2. The van der Waals surface area contributed by atoms with Crippen LogP contribution in [0.4, 0.5) is 5.82 Å². The second kappa shape index (κ2) is 9.15. The van der Waals surface area contributed by atoms with Crippen LogP contribution in [0.5, 0.6) is 0 Å². The summed E-state index contributed by atoms with van der Waals surface area (Å²) in [6.45, 7) is 3.94. The molecule has 0 unspecified atom stereocenters. The average molecular weight is 441 g/mol. The van der Waals surface area contributed by atoms with Gasteiger partial charge in [-0.1, -0.05) is 23.8 Å².